The van der Waals surface area contributed by atoms with Gasteiger partial charge >= 0.3 is 7.12 Å². The minimum Gasteiger partial charge on any atom is -0.399 e. The molecule has 5 heteroatoms. The molecule has 4 nitrogen and oxygen atoms in total. The summed E-state index contributed by atoms with van der Waals surface area (Å²) in [6.07, 6.45) is 4.47. The van der Waals surface area contributed by atoms with Crippen LogP contribution in [0.1, 0.15) is 34.1 Å². The van der Waals surface area contributed by atoms with Crippen molar-refractivity contribution >= 4 is 12.6 Å². The number of rotatable bonds is 2. The van der Waals surface area contributed by atoms with Crippen LogP contribution in [0.15, 0.2) is 12.4 Å². The lowest BCUT2D eigenvalue weighted by Gasteiger charge is -2.35. The van der Waals surface area contributed by atoms with Crippen LogP contribution >= 0.6 is 0 Å². The van der Waals surface area contributed by atoms with Gasteiger partial charge in [-0.3, -0.25) is 5.10 Å². The molecule has 0 bridgehead atoms. The molecule has 15 heavy (non-hydrogen) atoms. The molecular weight excluding hydrogens is 191 g/mol. The standard InChI is InChI=1S/C10H17BN2O2/c1-5-10(4)9(2,3)14-11(15-10)8-6-12-13-7-8/h6-7H,5H2,1-4H3,(H,12,13). The maximum atomic E-state index is 5.98. The van der Waals surface area contributed by atoms with Crippen LogP contribution in [0.4, 0.5) is 0 Å². The van der Waals surface area contributed by atoms with E-state index in [4.69, 9.17) is 9.31 Å². The van der Waals surface area contributed by atoms with Crippen molar-refractivity contribution in [3.8, 4) is 0 Å². The molecule has 82 valence electrons. The van der Waals surface area contributed by atoms with Crippen LogP contribution in [-0.2, 0) is 9.31 Å². The van der Waals surface area contributed by atoms with Gasteiger partial charge in [0.15, 0.2) is 0 Å². The lowest BCUT2D eigenvalue weighted by molar-refractivity contribution is -0.0118. The highest BCUT2D eigenvalue weighted by atomic mass is 16.7. The topological polar surface area (TPSA) is 47.1 Å². The van der Waals surface area contributed by atoms with Gasteiger partial charge in [-0.15, -0.1) is 0 Å². The maximum absolute atomic E-state index is 5.98. The van der Waals surface area contributed by atoms with Crippen molar-refractivity contribution in [2.24, 2.45) is 0 Å². The van der Waals surface area contributed by atoms with Gasteiger partial charge < -0.3 is 9.31 Å². The van der Waals surface area contributed by atoms with Crippen molar-refractivity contribution in [1.82, 2.24) is 10.2 Å². The number of aromatic amines is 1. The van der Waals surface area contributed by atoms with Crippen molar-refractivity contribution < 1.29 is 9.31 Å². The Labute approximate surface area is 90.5 Å². The highest BCUT2D eigenvalue weighted by Crippen LogP contribution is 2.39. The van der Waals surface area contributed by atoms with Crippen molar-refractivity contribution in [3.63, 3.8) is 0 Å². The quantitative estimate of drug-likeness (QED) is 0.740. The fourth-order valence-electron chi connectivity index (χ4n) is 1.83. The zero-order valence-electron chi connectivity index (χ0n) is 9.70. The minimum atomic E-state index is -0.302. The molecule has 1 aliphatic rings. The first-order valence-corrected chi connectivity index (χ1v) is 5.33. The third kappa shape index (κ3) is 1.60. The summed E-state index contributed by atoms with van der Waals surface area (Å²) in [7, 11) is -0.302. The molecule has 1 N–H and O–H groups in total. The number of nitrogens with one attached hydrogen (secondary N) is 1. The lowest BCUT2D eigenvalue weighted by Crippen LogP contribution is -2.44. The summed E-state index contributed by atoms with van der Waals surface area (Å²) in [5.41, 5.74) is 0.429. The van der Waals surface area contributed by atoms with Gasteiger partial charge in [0.05, 0.1) is 11.2 Å². The predicted molar refractivity (Wildman–Crippen MR) is 58.9 cm³/mol. The zero-order chi connectivity index (χ0) is 11.1. The first-order valence-electron chi connectivity index (χ1n) is 5.33. The Hall–Kier alpha value is -0.805. The summed E-state index contributed by atoms with van der Waals surface area (Å²) < 4.78 is 11.9. The summed E-state index contributed by atoms with van der Waals surface area (Å²) in [5, 5.41) is 6.67. The molecule has 0 aromatic carbocycles. The second-order valence-electron chi connectivity index (χ2n) is 4.69. The molecule has 1 aromatic rings. The van der Waals surface area contributed by atoms with E-state index in [-0.39, 0.29) is 18.3 Å². The van der Waals surface area contributed by atoms with Gasteiger partial charge in [0.25, 0.3) is 0 Å². The summed E-state index contributed by atoms with van der Waals surface area (Å²) in [6, 6.07) is 0. The van der Waals surface area contributed by atoms with E-state index in [1.165, 1.54) is 0 Å². The normalized spacial score (nSPS) is 29.7. The maximum Gasteiger partial charge on any atom is 0.498 e. The minimum absolute atomic E-state index is 0.241. The lowest BCUT2D eigenvalue weighted by atomic mass is 9.82. The zero-order valence-corrected chi connectivity index (χ0v) is 9.70. The molecular formula is C10H17BN2O2. The predicted octanol–water partition coefficient (Wildman–Crippen LogP) is 1.10. The van der Waals surface area contributed by atoms with E-state index in [1.807, 2.05) is 6.20 Å². The third-order valence-corrected chi connectivity index (χ3v) is 3.51. The Morgan fingerprint density at radius 3 is 2.60 bits per heavy atom. The van der Waals surface area contributed by atoms with Gasteiger partial charge in [0.1, 0.15) is 0 Å². The Bertz CT molecular complexity index is 339. The molecule has 0 radical (unpaired) electrons. The molecule has 0 aliphatic carbocycles. The van der Waals surface area contributed by atoms with Gasteiger partial charge in [0.2, 0.25) is 0 Å². The van der Waals surface area contributed by atoms with Crippen molar-refractivity contribution in [2.45, 2.75) is 45.3 Å². The second kappa shape index (κ2) is 3.35. The molecule has 1 unspecified atom stereocenters. The largest absolute Gasteiger partial charge is 0.498 e. The molecule has 1 aromatic heterocycles. The van der Waals surface area contributed by atoms with Crippen molar-refractivity contribution in [3.05, 3.63) is 12.4 Å². The fourth-order valence-corrected chi connectivity index (χ4v) is 1.83. The molecule has 1 fully saturated rings. The van der Waals surface area contributed by atoms with Gasteiger partial charge in [-0.2, -0.15) is 5.10 Å². The van der Waals surface area contributed by atoms with Crippen molar-refractivity contribution in [1.29, 1.82) is 0 Å². The van der Waals surface area contributed by atoms with Crippen LogP contribution in [0.25, 0.3) is 0 Å². The van der Waals surface area contributed by atoms with E-state index >= 15 is 0 Å². The molecule has 0 spiro atoms. The average Bonchev–Trinajstić information content (AvgIpc) is 2.74. The average molecular weight is 208 g/mol. The molecule has 1 atom stereocenters. The summed E-state index contributed by atoms with van der Waals surface area (Å²) >= 11 is 0. The van der Waals surface area contributed by atoms with Crippen LogP contribution < -0.4 is 5.46 Å². The SMILES string of the molecule is CCC1(C)OB(c2cn[nH]c2)OC1(C)C. The molecule has 1 aliphatic heterocycles. The number of hydrogen-bond donors (Lipinski definition) is 1. The number of H-pyrrole nitrogens is 1. The molecule has 0 saturated carbocycles. The van der Waals surface area contributed by atoms with E-state index in [1.54, 1.807) is 6.20 Å². The Morgan fingerprint density at radius 2 is 2.13 bits per heavy atom. The van der Waals surface area contributed by atoms with Crippen LogP contribution in [-0.4, -0.2) is 28.5 Å². The Morgan fingerprint density at radius 1 is 1.40 bits per heavy atom. The van der Waals surface area contributed by atoms with Crippen LogP contribution in [0, 0.1) is 0 Å². The van der Waals surface area contributed by atoms with Gasteiger partial charge in [0, 0.05) is 17.9 Å². The van der Waals surface area contributed by atoms with Crippen LogP contribution in [0.3, 0.4) is 0 Å². The fraction of sp³-hybridized carbons (Fsp3) is 0.700. The van der Waals surface area contributed by atoms with E-state index in [9.17, 15) is 0 Å². The van der Waals surface area contributed by atoms with Crippen molar-refractivity contribution in [2.75, 3.05) is 0 Å². The molecule has 2 rings (SSSR count). The molecule has 0 amide bonds. The smallest absolute Gasteiger partial charge is 0.399 e. The molecule has 2 heterocycles. The first-order chi connectivity index (χ1) is 6.98. The highest BCUT2D eigenvalue weighted by molar-refractivity contribution is 6.61. The summed E-state index contributed by atoms with van der Waals surface area (Å²) in [6.45, 7) is 8.34. The first kappa shape index (κ1) is 10.7. The van der Waals surface area contributed by atoms with E-state index < -0.39 is 0 Å². The summed E-state index contributed by atoms with van der Waals surface area (Å²) in [4.78, 5) is 0. The molecule has 1 saturated heterocycles. The Kier molecular flexibility index (Phi) is 2.39. The number of nitrogens with zero attached hydrogens (tertiary/aromatic N) is 1. The van der Waals surface area contributed by atoms with Gasteiger partial charge in [-0.05, 0) is 27.2 Å². The monoisotopic (exact) mass is 208 g/mol. The highest BCUT2D eigenvalue weighted by Gasteiger charge is 2.53. The van der Waals surface area contributed by atoms with Gasteiger partial charge in [-0.1, -0.05) is 6.92 Å². The van der Waals surface area contributed by atoms with Crippen LogP contribution in [0.5, 0.6) is 0 Å². The Balaban J connectivity index is 2.23. The summed E-state index contributed by atoms with van der Waals surface area (Å²) in [5.74, 6) is 0. The van der Waals surface area contributed by atoms with Gasteiger partial charge in [-0.25, -0.2) is 0 Å². The second-order valence-corrected chi connectivity index (χ2v) is 4.69. The number of hydrogen-bond acceptors (Lipinski definition) is 3. The van der Waals surface area contributed by atoms with E-state index in [2.05, 4.69) is 37.9 Å². The van der Waals surface area contributed by atoms with E-state index in [0.717, 1.165) is 11.9 Å². The van der Waals surface area contributed by atoms with E-state index in [0.29, 0.717) is 0 Å². The number of aromatic nitrogens is 2. The third-order valence-electron chi connectivity index (χ3n) is 3.51. The van der Waals surface area contributed by atoms with Crippen LogP contribution in [0.2, 0.25) is 0 Å².